The minimum atomic E-state index is -0.0920. The summed E-state index contributed by atoms with van der Waals surface area (Å²) in [5.41, 5.74) is 3.74. The molecule has 6 heteroatoms. The fourth-order valence-electron chi connectivity index (χ4n) is 2.51. The van der Waals surface area contributed by atoms with Crippen LogP contribution in [0.15, 0.2) is 54.9 Å². The van der Waals surface area contributed by atoms with E-state index in [1.54, 1.807) is 16.8 Å². The summed E-state index contributed by atoms with van der Waals surface area (Å²) in [5.74, 6) is -0.0920. The predicted octanol–water partition coefficient (Wildman–Crippen LogP) is 2.85. The van der Waals surface area contributed by atoms with Gasteiger partial charge in [-0.05, 0) is 53.6 Å². The van der Waals surface area contributed by atoms with Crippen LogP contribution in [0.2, 0.25) is 0 Å². The van der Waals surface area contributed by atoms with E-state index in [4.69, 9.17) is 0 Å². The molecular weight excluding hydrogens is 302 g/mol. The van der Waals surface area contributed by atoms with Gasteiger partial charge < -0.3 is 5.32 Å². The Morgan fingerprint density at radius 2 is 1.83 bits per heavy atom. The van der Waals surface area contributed by atoms with Crippen LogP contribution in [0, 0.1) is 6.92 Å². The molecule has 1 amide bonds. The standard InChI is InChI=1S/C18H19N5O/c1-3-17(14-6-4-13(2)5-7-14)20-18(24)15-8-10-16(11-9-15)23-12-19-21-22-23/h4-12,17H,3H2,1-2H3,(H,20,24)/t17-/m0/s1. The molecule has 2 aromatic carbocycles. The first-order chi connectivity index (χ1) is 11.7. The zero-order valence-corrected chi connectivity index (χ0v) is 13.7. The first kappa shape index (κ1) is 15.9. The number of nitrogens with one attached hydrogen (secondary N) is 1. The molecule has 0 radical (unpaired) electrons. The highest BCUT2D eigenvalue weighted by Gasteiger charge is 2.14. The molecule has 0 bridgehead atoms. The van der Waals surface area contributed by atoms with Crippen molar-refractivity contribution in [3.63, 3.8) is 0 Å². The van der Waals surface area contributed by atoms with E-state index in [0.29, 0.717) is 5.56 Å². The second kappa shape index (κ2) is 7.04. The molecule has 3 rings (SSSR count). The molecular formula is C18H19N5O. The summed E-state index contributed by atoms with van der Waals surface area (Å²) in [5, 5.41) is 14.1. The molecule has 0 aliphatic rings. The number of rotatable bonds is 5. The smallest absolute Gasteiger partial charge is 0.251 e. The summed E-state index contributed by atoms with van der Waals surface area (Å²) < 4.78 is 1.54. The fourth-order valence-corrected chi connectivity index (χ4v) is 2.51. The lowest BCUT2D eigenvalue weighted by Crippen LogP contribution is -2.28. The van der Waals surface area contributed by atoms with E-state index in [2.05, 4.69) is 59.0 Å². The summed E-state index contributed by atoms with van der Waals surface area (Å²) in [6.45, 7) is 4.11. The van der Waals surface area contributed by atoms with Crippen molar-refractivity contribution in [2.45, 2.75) is 26.3 Å². The van der Waals surface area contributed by atoms with Crippen molar-refractivity contribution in [1.29, 1.82) is 0 Å². The van der Waals surface area contributed by atoms with Crippen LogP contribution in [0.4, 0.5) is 0 Å². The molecule has 0 fully saturated rings. The van der Waals surface area contributed by atoms with E-state index in [0.717, 1.165) is 17.7 Å². The van der Waals surface area contributed by atoms with Crippen molar-refractivity contribution < 1.29 is 4.79 Å². The molecule has 0 unspecified atom stereocenters. The Morgan fingerprint density at radius 1 is 1.12 bits per heavy atom. The van der Waals surface area contributed by atoms with Crippen molar-refractivity contribution in [3.8, 4) is 5.69 Å². The second-order valence-electron chi connectivity index (χ2n) is 5.65. The largest absolute Gasteiger partial charge is 0.345 e. The van der Waals surface area contributed by atoms with Gasteiger partial charge in [0.25, 0.3) is 5.91 Å². The normalized spacial score (nSPS) is 11.9. The number of carbonyl (C=O) groups is 1. The minimum Gasteiger partial charge on any atom is -0.345 e. The average Bonchev–Trinajstić information content (AvgIpc) is 3.15. The van der Waals surface area contributed by atoms with E-state index < -0.39 is 0 Å². The zero-order valence-electron chi connectivity index (χ0n) is 13.7. The Kier molecular flexibility index (Phi) is 4.65. The molecule has 0 aliphatic carbocycles. The Balaban J connectivity index is 1.72. The van der Waals surface area contributed by atoms with Gasteiger partial charge in [0.1, 0.15) is 6.33 Å². The Bertz CT molecular complexity index is 794. The highest BCUT2D eigenvalue weighted by Crippen LogP contribution is 2.18. The molecule has 1 atom stereocenters. The number of hydrogen-bond donors (Lipinski definition) is 1. The number of hydrogen-bond acceptors (Lipinski definition) is 4. The van der Waals surface area contributed by atoms with Crippen LogP contribution in [0.25, 0.3) is 5.69 Å². The molecule has 1 aromatic heterocycles. The van der Waals surface area contributed by atoms with E-state index in [-0.39, 0.29) is 11.9 Å². The Labute approximate surface area is 140 Å². The monoisotopic (exact) mass is 321 g/mol. The van der Waals surface area contributed by atoms with Crippen molar-refractivity contribution >= 4 is 5.91 Å². The van der Waals surface area contributed by atoms with Crippen molar-refractivity contribution in [3.05, 3.63) is 71.5 Å². The molecule has 3 aromatic rings. The van der Waals surface area contributed by atoms with E-state index >= 15 is 0 Å². The molecule has 0 spiro atoms. The van der Waals surface area contributed by atoms with Crippen LogP contribution in [0.5, 0.6) is 0 Å². The quantitative estimate of drug-likeness (QED) is 0.784. The van der Waals surface area contributed by atoms with E-state index in [1.807, 2.05) is 12.1 Å². The van der Waals surface area contributed by atoms with Gasteiger partial charge in [-0.25, -0.2) is 4.68 Å². The number of benzene rings is 2. The number of tetrazole rings is 1. The third-order valence-electron chi connectivity index (χ3n) is 3.94. The second-order valence-corrected chi connectivity index (χ2v) is 5.65. The molecule has 0 saturated carbocycles. The predicted molar refractivity (Wildman–Crippen MR) is 90.8 cm³/mol. The third-order valence-corrected chi connectivity index (χ3v) is 3.94. The van der Waals surface area contributed by atoms with Gasteiger partial charge >= 0.3 is 0 Å². The lowest BCUT2D eigenvalue weighted by Gasteiger charge is -2.18. The highest BCUT2D eigenvalue weighted by atomic mass is 16.1. The number of aryl methyl sites for hydroxylation is 1. The van der Waals surface area contributed by atoms with E-state index in [9.17, 15) is 4.79 Å². The number of nitrogens with zero attached hydrogens (tertiary/aromatic N) is 4. The maximum absolute atomic E-state index is 12.5. The van der Waals surface area contributed by atoms with Gasteiger partial charge in [0.15, 0.2) is 0 Å². The zero-order chi connectivity index (χ0) is 16.9. The molecule has 0 saturated heterocycles. The lowest BCUT2D eigenvalue weighted by molar-refractivity contribution is 0.0935. The molecule has 1 heterocycles. The van der Waals surface area contributed by atoms with Crippen LogP contribution in [0.3, 0.4) is 0 Å². The first-order valence-corrected chi connectivity index (χ1v) is 7.88. The molecule has 0 aliphatic heterocycles. The van der Waals surface area contributed by atoms with E-state index in [1.165, 1.54) is 11.9 Å². The summed E-state index contributed by atoms with van der Waals surface area (Å²) in [6, 6.07) is 15.4. The van der Waals surface area contributed by atoms with Crippen molar-refractivity contribution in [2.24, 2.45) is 0 Å². The number of carbonyl (C=O) groups excluding carboxylic acids is 1. The third kappa shape index (κ3) is 3.48. The molecule has 1 N–H and O–H groups in total. The molecule has 6 nitrogen and oxygen atoms in total. The van der Waals surface area contributed by atoms with Gasteiger partial charge in [0.05, 0.1) is 11.7 Å². The molecule has 24 heavy (non-hydrogen) atoms. The summed E-state index contributed by atoms with van der Waals surface area (Å²) in [7, 11) is 0. The highest BCUT2D eigenvalue weighted by molar-refractivity contribution is 5.94. The first-order valence-electron chi connectivity index (χ1n) is 7.88. The fraction of sp³-hybridized carbons (Fsp3) is 0.222. The van der Waals surface area contributed by atoms with Crippen LogP contribution < -0.4 is 5.32 Å². The van der Waals surface area contributed by atoms with Crippen molar-refractivity contribution in [2.75, 3.05) is 0 Å². The Morgan fingerprint density at radius 3 is 2.42 bits per heavy atom. The number of amides is 1. The Hall–Kier alpha value is -3.02. The SMILES string of the molecule is CC[C@H](NC(=O)c1ccc(-n2cnnn2)cc1)c1ccc(C)cc1. The number of aromatic nitrogens is 4. The average molecular weight is 321 g/mol. The van der Waals surface area contributed by atoms with Gasteiger partial charge in [-0.1, -0.05) is 36.8 Å². The summed E-state index contributed by atoms with van der Waals surface area (Å²) >= 11 is 0. The topological polar surface area (TPSA) is 72.7 Å². The summed E-state index contributed by atoms with van der Waals surface area (Å²) in [4.78, 5) is 12.5. The maximum Gasteiger partial charge on any atom is 0.251 e. The minimum absolute atomic E-state index is 0.00251. The van der Waals surface area contributed by atoms with Crippen molar-refractivity contribution in [1.82, 2.24) is 25.5 Å². The summed E-state index contributed by atoms with van der Waals surface area (Å²) in [6.07, 6.45) is 2.34. The van der Waals surface area contributed by atoms with Crippen LogP contribution >= 0.6 is 0 Å². The van der Waals surface area contributed by atoms with Gasteiger partial charge in [0, 0.05) is 5.56 Å². The van der Waals surface area contributed by atoms with Gasteiger partial charge in [-0.2, -0.15) is 0 Å². The van der Waals surface area contributed by atoms with Gasteiger partial charge in [-0.3, -0.25) is 4.79 Å². The van der Waals surface area contributed by atoms with Crippen LogP contribution in [-0.4, -0.2) is 26.1 Å². The van der Waals surface area contributed by atoms with Crippen LogP contribution in [-0.2, 0) is 0 Å². The lowest BCUT2D eigenvalue weighted by atomic mass is 10.0. The maximum atomic E-state index is 12.5. The molecule has 122 valence electrons. The van der Waals surface area contributed by atoms with Crippen LogP contribution in [0.1, 0.15) is 40.9 Å². The van der Waals surface area contributed by atoms with Gasteiger partial charge in [0.2, 0.25) is 0 Å². The van der Waals surface area contributed by atoms with Gasteiger partial charge in [-0.15, -0.1) is 5.10 Å².